The summed E-state index contributed by atoms with van der Waals surface area (Å²) in [4.78, 5) is 29.9. The van der Waals surface area contributed by atoms with Crippen molar-refractivity contribution in [1.82, 2.24) is 19.9 Å². The molecule has 0 saturated carbocycles. The Balaban J connectivity index is 1.43. The van der Waals surface area contributed by atoms with Crippen LogP contribution in [0.25, 0.3) is 0 Å². The second-order valence-corrected chi connectivity index (χ2v) is 7.77. The number of pyridine rings is 1. The minimum absolute atomic E-state index is 0.200. The zero-order chi connectivity index (χ0) is 19.6. The monoisotopic (exact) mass is 381 g/mol. The number of aromatic nitrogens is 3. The van der Waals surface area contributed by atoms with Crippen LogP contribution in [0.2, 0.25) is 0 Å². The van der Waals surface area contributed by atoms with Crippen molar-refractivity contribution >= 4 is 11.9 Å². The predicted octanol–water partition coefficient (Wildman–Crippen LogP) is 1.96. The van der Waals surface area contributed by atoms with Crippen molar-refractivity contribution in [3.8, 4) is 0 Å². The summed E-state index contributed by atoms with van der Waals surface area (Å²) in [5.74, 6) is 0.907. The Labute approximate surface area is 165 Å². The summed E-state index contributed by atoms with van der Waals surface area (Å²) in [6, 6.07) is 3.92. The molecule has 7 heteroatoms. The van der Waals surface area contributed by atoms with E-state index in [9.17, 15) is 4.79 Å². The van der Waals surface area contributed by atoms with Crippen LogP contribution in [0.4, 0.5) is 5.95 Å². The summed E-state index contributed by atoms with van der Waals surface area (Å²) in [6.07, 6.45) is 9.17. The highest BCUT2D eigenvalue weighted by Crippen LogP contribution is 2.40. The molecule has 1 spiro atoms. The zero-order valence-corrected chi connectivity index (χ0v) is 16.6. The molecule has 0 radical (unpaired) electrons. The van der Waals surface area contributed by atoms with Gasteiger partial charge in [-0.2, -0.15) is 0 Å². The maximum Gasteiger partial charge on any atom is 0.225 e. The molecule has 7 nitrogen and oxygen atoms in total. The molecule has 148 valence electrons. The van der Waals surface area contributed by atoms with Gasteiger partial charge in [0, 0.05) is 52.2 Å². The lowest BCUT2D eigenvalue weighted by Gasteiger charge is -2.44. The molecule has 0 unspecified atom stereocenters. The predicted molar refractivity (Wildman–Crippen MR) is 106 cm³/mol. The highest BCUT2D eigenvalue weighted by atomic mass is 16.5. The van der Waals surface area contributed by atoms with Gasteiger partial charge in [-0.3, -0.25) is 9.78 Å². The van der Waals surface area contributed by atoms with Gasteiger partial charge in [-0.15, -0.1) is 0 Å². The Bertz CT molecular complexity index is 832. The SMILES string of the molecule is CN(C)c1ncc2c(n1)C1(CCN(C(=O)CCc3cccnc3)CC1)OCC2. The molecule has 2 aliphatic heterocycles. The van der Waals surface area contributed by atoms with Crippen LogP contribution < -0.4 is 4.90 Å². The van der Waals surface area contributed by atoms with Gasteiger partial charge in [0.2, 0.25) is 11.9 Å². The van der Waals surface area contributed by atoms with Gasteiger partial charge in [0.25, 0.3) is 0 Å². The first-order valence-electron chi connectivity index (χ1n) is 9.92. The van der Waals surface area contributed by atoms with E-state index in [1.165, 1.54) is 5.56 Å². The molecule has 2 aromatic rings. The Morgan fingerprint density at radius 1 is 1.29 bits per heavy atom. The summed E-state index contributed by atoms with van der Waals surface area (Å²) in [5.41, 5.74) is 2.90. The van der Waals surface area contributed by atoms with Crippen LogP contribution in [-0.2, 0) is 28.0 Å². The molecule has 1 fully saturated rings. The number of aryl methyl sites for hydroxylation is 1. The number of fused-ring (bicyclic) bond motifs is 2. The van der Waals surface area contributed by atoms with Gasteiger partial charge < -0.3 is 14.5 Å². The van der Waals surface area contributed by atoms with Crippen LogP contribution in [0.5, 0.6) is 0 Å². The largest absolute Gasteiger partial charge is 0.368 e. The van der Waals surface area contributed by atoms with E-state index in [2.05, 4.69) is 9.97 Å². The minimum Gasteiger partial charge on any atom is -0.368 e. The van der Waals surface area contributed by atoms with E-state index in [-0.39, 0.29) is 11.5 Å². The van der Waals surface area contributed by atoms with Gasteiger partial charge >= 0.3 is 0 Å². The van der Waals surface area contributed by atoms with E-state index in [1.54, 1.807) is 6.20 Å². The second-order valence-electron chi connectivity index (χ2n) is 7.77. The molecule has 0 bridgehead atoms. The van der Waals surface area contributed by atoms with Gasteiger partial charge in [0.1, 0.15) is 5.60 Å². The lowest BCUT2D eigenvalue weighted by molar-refractivity contribution is -0.141. The first-order chi connectivity index (χ1) is 13.6. The molecule has 2 aliphatic rings. The summed E-state index contributed by atoms with van der Waals surface area (Å²) in [6.45, 7) is 2.09. The van der Waals surface area contributed by atoms with Crippen LogP contribution in [0.15, 0.2) is 30.7 Å². The van der Waals surface area contributed by atoms with Crippen LogP contribution in [0.1, 0.15) is 36.1 Å². The average Bonchev–Trinajstić information content (AvgIpc) is 2.73. The number of likely N-dealkylation sites (tertiary alicyclic amines) is 1. The highest BCUT2D eigenvalue weighted by Gasteiger charge is 2.43. The Hall–Kier alpha value is -2.54. The van der Waals surface area contributed by atoms with E-state index in [4.69, 9.17) is 9.72 Å². The Morgan fingerprint density at radius 2 is 2.11 bits per heavy atom. The molecular weight excluding hydrogens is 354 g/mol. The minimum atomic E-state index is -0.387. The molecule has 4 heterocycles. The number of hydrogen-bond acceptors (Lipinski definition) is 6. The molecule has 0 aromatic carbocycles. The number of carbonyl (C=O) groups excluding carboxylic acids is 1. The maximum absolute atomic E-state index is 12.7. The van der Waals surface area contributed by atoms with Crippen molar-refractivity contribution in [3.63, 3.8) is 0 Å². The van der Waals surface area contributed by atoms with Gasteiger partial charge in [0.05, 0.1) is 12.3 Å². The molecule has 1 saturated heterocycles. The van der Waals surface area contributed by atoms with Gasteiger partial charge in [-0.25, -0.2) is 9.97 Å². The third kappa shape index (κ3) is 3.71. The molecule has 0 atom stereocenters. The van der Waals surface area contributed by atoms with Crippen molar-refractivity contribution in [3.05, 3.63) is 47.5 Å². The lowest BCUT2D eigenvalue weighted by atomic mass is 9.83. The van der Waals surface area contributed by atoms with E-state index in [0.29, 0.717) is 32.1 Å². The summed E-state index contributed by atoms with van der Waals surface area (Å²) in [7, 11) is 3.89. The quantitative estimate of drug-likeness (QED) is 0.806. The number of hydrogen-bond donors (Lipinski definition) is 0. The van der Waals surface area contributed by atoms with Gasteiger partial charge in [-0.05, 0) is 42.9 Å². The van der Waals surface area contributed by atoms with Crippen LogP contribution >= 0.6 is 0 Å². The molecule has 2 aromatic heterocycles. The number of nitrogens with zero attached hydrogens (tertiary/aromatic N) is 5. The summed E-state index contributed by atoms with van der Waals surface area (Å²) < 4.78 is 6.27. The summed E-state index contributed by atoms with van der Waals surface area (Å²) >= 11 is 0. The zero-order valence-electron chi connectivity index (χ0n) is 16.6. The first kappa shape index (κ1) is 18.8. The van der Waals surface area contributed by atoms with E-state index >= 15 is 0 Å². The first-order valence-corrected chi connectivity index (χ1v) is 9.92. The fourth-order valence-electron chi connectivity index (χ4n) is 4.07. The lowest BCUT2D eigenvalue weighted by Crippen LogP contribution is -2.49. The topological polar surface area (TPSA) is 71.5 Å². The number of amides is 1. The number of carbonyl (C=O) groups is 1. The molecule has 4 rings (SSSR count). The smallest absolute Gasteiger partial charge is 0.225 e. The van der Waals surface area contributed by atoms with Crippen molar-refractivity contribution < 1.29 is 9.53 Å². The van der Waals surface area contributed by atoms with E-state index in [1.807, 2.05) is 48.4 Å². The van der Waals surface area contributed by atoms with Crippen molar-refractivity contribution in [1.29, 1.82) is 0 Å². The standard InChI is InChI=1S/C21H27N5O2/c1-25(2)20-23-15-17-7-13-28-21(19(17)24-20)8-11-26(12-9-21)18(27)6-5-16-4-3-10-22-14-16/h3-4,10,14-15H,5-9,11-13H2,1-2H3. The third-order valence-electron chi connectivity index (χ3n) is 5.71. The van der Waals surface area contributed by atoms with E-state index < -0.39 is 0 Å². The summed E-state index contributed by atoms with van der Waals surface area (Å²) in [5, 5.41) is 0. The van der Waals surface area contributed by atoms with Crippen molar-refractivity contribution in [2.75, 3.05) is 38.7 Å². The van der Waals surface area contributed by atoms with E-state index in [0.717, 1.165) is 36.9 Å². The van der Waals surface area contributed by atoms with Crippen molar-refractivity contribution in [2.45, 2.75) is 37.7 Å². The number of piperidine rings is 1. The second kappa shape index (κ2) is 7.83. The Kier molecular flexibility index (Phi) is 5.26. The fourth-order valence-corrected chi connectivity index (χ4v) is 4.07. The van der Waals surface area contributed by atoms with Crippen molar-refractivity contribution in [2.24, 2.45) is 0 Å². The maximum atomic E-state index is 12.7. The molecule has 0 aliphatic carbocycles. The fraction of sp³-hybridized carbons (Fsp3) is 0.524. The number of rotatable bonds is 4. The Morgan fingerprint density at radius 3 is 2.82 bits per heavy atom. The highest BCUT2D eigenvalue weighted by molar-refractivity contribution is 5.76. The molecular formula is C21H27N5O2. The van der Waals surface area contributed by atoms with Crippen LogP contribution in [0.3, 0.4) is 0 Å². The number of anilines is 1. The van der Waals surface area contributed by atoms with Crippen LogP contribution in [0, 0.1) is 0 Å². The number of ether oxygens (including phenoxy) is 1. The molecule has 28 heavy (non-hydrogen) atoms. The van der Waals surface area contributed by atoms with Gasteiger partial charge in [-0.1, -0.05) is 6.07 Å². The average molecular weight is 381 g/mol. The van der Waals surface area contributed by atoms with Gasteiger partial charge in [0.15, 0.2) is 0 Å². The molecule has 1 amide bonds. The normalized spacial score (nSPS) is 18.0. The third-order valence-corrected chi connectivity index (χ3v) is 5.71. The van der Waals surface area contributed by atoms with Crippen LogP contribution in [-0.4, -0.2) is 59.6 Å². The molecule has 0 N–H and O–H groups in total.